The van der Waals surface area contributed by atoms with Crippen LogP contribution in [-0.4, -0.2) is 20.9 Å². The summed E-state index contributed by atoms with van der Waals surface area (Å²) in [5.41, 5.74) is 1.76. The van der Waals surface area contributed by atoms with Crippen molar-refractivity contribution in [3.63, 3.8) is 0 Å². The minimum Gasteiger partial charge on any atom is -0.344 e. The van der Waals surface area contributed by atoms with Crippen molar-refractivity contribution in [2.45, 2.75) is 25.3 Å². The van der Waals surface area contributed by atoms with Gasteiger partial charge in [-0.2, -0.15) is 0 Å². The normalized spacial score (nSPS) is 17.4. The van der Waals surface area contributed by atoms with Crippen LogP contribution in [0.5, 0.6) is 0 Å². The summed E-state index contributed by atoms with van der Waals surface area (Å²) in [6.07, 6.45) is 3.64. The highest BCUT2D eigenvalue weighted by molar-refractivity contribution is 6.30. The SMILES string of the molecule is Cn1nncc1C(=O)N[C@H]1CCCc2c(F)cc(Cl)cc21. The zero-order valence-electron chi connectivity index (χ0n) is 11.4. The molecule has 110 valence electrons. The van der Waals surface area contributed by atoms with E-state index in [4.69, 9.17) is 11.6 Å². The summed E-state index contributed by atoms with van der Waals surface area (Å²) in [6, 6.07) is 2.80. The number of amides is 1. The van der Waals surface area contributed by atoms with E-state index >= 15 is 0 Å². The first kappa shape index (κ1) is 14.0. The van der Waals surface area contributed by atoms with Gasteiger partial charge < -0.3 is 5.32 Å². The van der Waals surface area contributed by atoms with Gasteiger partial charge in [0, 0.05) is 12.1 Å². The molecule has 0 unspecified atom stereocenters. The summed E-state index contributed by atoms with van der Waals surface area (Å²) in [5, 5.41) is 10.7. The van der Waals surface area contributed by atoms with E-state index in [-0.39, 0.29) is 17.8 Å². The molecule has 1 aliphatic rings. The molecular formula is C14H14ClFN4O. The van der Waals surface area contributed by atoms with Crippen LogP contribution in [0.1, 0.15) is 40.5 Å². The molecule has 1 aromatic carbocycles. The van der Waals surface area contributed by atoms with Gasteiger partial charge >= 0.3 is 0 Å². The third kappa shape index (κ3) is 2.63. The molecule has 7 heteroatoms. The monoisotopic (exact) mass is 308 g/mol. The van der Waals surface area contributed by atoms with Gasteiger partial charge in [0.2, 0.25) is 0 Å². The van der Waals surface area contributed by atoms with Gasteiger partial charge in [0.25, 0.3) is 5.91 Å². The van der Waals surface area contributed by atoms with E-state index in [1.54, 1.807) is 13.1 Å². The zero-order chi connectivity index (χ0) is 15.0. The van der Waals surface area contributed by atoms with Gasteiger partial charge in [0.05, 0.1) is 12.2 Å². The second-order valence-corrected chi connectivity index (χ2v) is 5.55. The number of halogens is 2. The Labute approximate surface area is 126 Å². The summed E-state index contributed by atoms with van der Waals surface area (Å²) in [6.45, 7) is 0. The lowest BCUT2D eigenvalue weighted by Gasteiger charge is -2.27. The maximum atomic E-state index is 14.0. The number of carbonyl (C=O) groups is 1. The standard InChI is InChI=1S/C14H14ClFN4O/c1-20-13(7-17-19-20)14(21)18-12-4-2-3-9-10(12)5-8(15)6-11(9)16/h5-7,12H,2-4H2,1H3,(H,18,21)/t12-/m0/s1. The van der Waals surface area contributed by atoms with Crippen molar-refractivity contribution in [3.05, 3.63) is 46.0 Å². The lowest BCUT2D eigenvalue weighted by atomic mass is 9.87. The molecule has 0 saturated carbocycles. The first-order valence-electron chi connectivity index (χ1n) is 6.69. The Morgan fingerprint density at radius 1 is 1.52 bits per heavy atom. The van der Waals surface area contributed by atoms with Crippen LogP contribution in [0.3, 0.4) is 0 Å². The smallest absolute Gasteiger partial charge is 0.271 e. The highest BCUT2D eigenvalue weighted by Crippen LogP contribution is 2.33. The highest BCUT2D eigenvalue weighted by Gasteiger charge is 2.26. The van der Waals surface area contributed by atoms with Crippen molar-refractivity contribution in [1.82, 2.24) is 20.3 Å². The molecule has 0 bridgehead atoms. The van der Waals surface area contributed by atoms with Gasteiger partial charge in [-0.05, 0) is 42.5 Å². The van der Waals surface area contributed by atoms with Crippen molar-refractivity contribution in [2.75, 3.05) is 0 Å². The molecule has 0 aliphatic heterocycles. The third-order valence-electron chi connectivity index (χ3n) is 3.74. The van der Waals surface area contributed by atoms with E-state index in [0.717, 1.165) is 18.4 Å². The number of nitrogens with one attached hydrogen (secondary N) is 1. The zero-order valence-corrected chi connectivity index (χ0v) is 12.2. The van der Waals surface area contributed by atoms with Crippen LogP contribution in [0.2, 0.25) is 5.02 Å². The fourth-order valence-electron chi connectivity index (χ4n) is 2.71. The van der Waals surface area contributed by atoms with Gasteiger partial charge in [0.15, 0.2) is 0 Å². The molecule has 0 radical (unpaired) electrons. The van der Waals surface area contributed by atoms with E-state index in [9.17, 15) is 9.18 Å². The minimum absolute atomic E-state index is 0.246. The number of aryl methyl sites for hydroxylation is 1. The highest BCUT2D eigenvalue weighted by atomic mass is 35.5. The first-order chi connectivity index (χ1) is 10.1. The molecule has 21 heavy (non-hydrogen) atoms. The Morgan fingerprint density at radius 3 is 3.05 bits per heavy atom. The minimum atomic E-state index is -0.307. The summed E-state index contributed by atoms with van der Waals surface area (Å²) in [4.78, 5) is 12.2. The van der Waals surface area contributed by atoms with Crippen LogP contribution in [0.15, 0.2) is 18.3 Å². The van der Waals surface area contributed by atoms with Gasteiger partial charge in [-0.25, -0.2) is 9.07 Å². The number of rotatable bonds is 2. The molecule has 1 aromatic heterocycles. The molecule has 3 rings (SSSR count). The van der Waals surface area contributed by atoms with E-state index in [2.05, 4.69) is 15.6 Å². The number of nitrogens with zero attached hydrogens (tertiary/aromatic N) is 3. The Hall–Kier alpha value is -1.95. The molecule has 1 atom stereocenters. The Balaban J connectivity index is 1.89. The summed E-state index contributed by atoms with van der Waals surface area (Å²) in [7, 11) is 1.65. The molecular weight excluding hydrogens is 295 g/mol. The van der Waals surface area contributed by atoms with Crippen molar-refractivity contribution < 1.29 is 9.18 Å². The fraction of sp³-hybridized carbons (Fsp3) is 0.357. The van der Waals surface area contributed by atoms with Gasteiger partial charge in [-0.15, -0.1) is 5.10 Å². The molecule has 1 N–H and O–H groups in total. The molecule has 0 fully saturated rings. The van der Waals surface area contributed by atoms with Crippen molar-refractivity contribution in [1.29, 1.82) is 0 Å². The topological polar surface area (TPSA) is 59.8 Å². The first-order valence-corrected chi connectivity index (χ1v) is 7.07. The van der Waals surface area contributed by atoms with Crippen LogP contribution in [0.25, 0.3) is 0 Å². The molecule has 0 spiro atoms. The summed E-state index contributed by atoms with van der Waals surface area (Å²) < 4.78 is 15.4. The van der Waals surface area contributed by atoms with Crippen LogP contribution >= 0.6 is 11.6 Å². The number of benzene rings is 1. The molecule has 0 saturated heterocycles. The number of carbonyl (C=O) groups excluding carboxylic acids is 1. The fourth-order valence-corrected chi connectivity index (χ4v) is 2.93. The second kappa shape index (κ2) is 5.44. The molecule has 1 amide bonds. The molecule has 1 heterocycles. The van der Waals surface area contributed by atoms with E-state index in [1.807, 2.05) is 0 Å². The van der Waals surface area contributed by atoms with Gasteiger partial charge in [-0.3, -0.25) is 4.79 Å². The third-order valence-corrected chi connectivity index (χ3v) is 3.96. The predicted molar refractivity (Wildman–Crippen MR) is 75.6 cm³/mol. The van der Waals surface area contributed by atoms with E-state index in [1.165, 1.54) is 16.9 Å². The molecule has 1 aliphatic carbocycles. The predicted octanol–water partition coefficient (Wildman–Crippen LogP) is 2.42. The Morgan fingerprint density at radius 2 is 2.33 bits per heavy atom. The van der Waals surface area contributed by atoms with E-state index in [0.29, 0.717) is 22.7 Å². The summed E-state index contributed by atoms with van der Waals surface area (Å²) in [5.74, 6) is -0.584. The lowest BCUT2D eigenvalue weighted by Crippen LogP contribution is -2.32. The number of hydrogen-bond acceptors (Lipinski definition) is 3. The quantitative estimate of drug-likeness (QED) is 0.927. The lowest BCUT2D eigenvalue weighted by molar-refractivity contribution is 0.0923. The van der Waals surface area contributed by atoms with Crippen molar-refractivity contribution in [3.8, 4) is 0 Å². The van der Waals surface area contributed by atoms with E-state index < -0.39 is 0 Å². The molecule has 5 nitrogen and oxygen atoms in total. The van der Waals surface area contributed by atoms with Crippen molar-refractivity contribution >= 4 is 17.5 Å². The average molecular weight is 309 g/mol. The Bertz CT molecular complexity index is 700. The number of aromatic nitrogens is 3. The summed E-state index contributed by atoms with van der Waals surface area (Å²) >= 11 is 5.93. The second-order valence-electron chi connectivity index (χ2n) is 5.12. The average Bonchev–Trinajstić information content (AvgIpc) is 2.86. The van der Waals surface area contributed by atoms with Crippen LogP contribution in [0.4, 0.5) is 4.39 Å². The number of fused-ring (bicyclic) bond motifs is 1. The maximum absolute atomic E-state index is 14.0. The van der Waals surface area contributed by atoms with Crippen LogP contribution in [0, 0.1) is 5.82 Å². The van der Waals surface area contributed by atoms with Gasteiger partial charge in [-0.1, -0.05) is 16.8 Å². The van der Waals surface area contributed by atoms with Gasteiger partial charge in [0.1, 0.15) is 11.5 Å². The Kier molecular flexibility index (Phi) is 3.63. The number of hydrogen-bond donors (Lipinski definition) is 1. The van der Waals surface area contributed by atoms with Crippen molar-refractivity contribution in [2.24, 2.45) is 7.05 Å². The van der Waals surface area contributed by atoms with Crippen LogP contribution < -0.4 is 5.32 Å². The largest absolute Gasteiger partial charge is 0.344 e. The van der Waals surface area contributed by atoms with Crippen LogP contribution in [-0.2, 0) is 13.5 Å². The maximum Gasteiger partial charge on any atom is 0.271 e. The molecule has 2 aromatic rings.